The highest BCUT2D eigenvalue weighted by Crippen LogP contribution is 2.48. The molecule has 2 fully saturated rings. The Hall–Kier alpha value is -2.72. The first-order valence-electron chi connectivity index (χ1n) is 13.2. The number of urea groups is 1. The highest BCUT2D eigenvalue weighted by molar-refractivity contribution is 6.48. The standard InChI is InChI=1S/C27H33Cl3N4O3.CH2O2/c1-3-10-34-15-27(16-34)12-19(13-27)33-26(36)32-18-7-5-6-17(11-18)14-31-25(35)21(4-2)37-22-9-8-20(28)23(29)24(22)30;2-1-3/h5-9,11,19,21H,3-4,10,12-16H2,1-2H3,(H,31,35)(H2,32,33,36);1H,(H,2,3). The Balaban J connectivity index is 0.00000141. The molecule has 2 aromatic rings. The SMILES string of the molecule is CCCN1CC2(CC(NC(=O)Nc3cccc(CNC(=O)C(CC)Oc4ccc(Cl)c(Cl)c4Cl)c3)C2)C1.O=CO. The van der Waals surface area contributed by atoms with Crippen molar-refractivity contribution in [1.82, 2.24) is 15.5 Å². The van der Waals surface area contributed by atoms with Crippen molar-refractivity contribution in [1.29, 1.82) is 0 Å². The number of halogens is 3. The molecule has 1 spiro atoms. The summed E-state index contributed by atoms with van der Waals surface area (Å²) in [6, 6.07) is 10.6. The van der Waals surface area contributed by atoms with Gasteiger partial charge in [0.05, 0.1) is 10.0 Å². The largest absolute Gasteiger partial charge is 0.483 e. The summed E-state index contributed by atoms with van der Waals surface area (Å²) < 4.78 is 5.80. The van der Waals surface area contributed by atoms with Gasteiger partial charge in [-0.15, -0.1) is 0 Å². The van der Waals surface area contributed by atoms with E-state index in [4.69, 9.17) is 49.4 Å². The van der Waals surface area contributed by atoms with Gasteiger partial charge in [-0.25, -0.2) is 4.79 Å². The normalized spacial score (nSPS) is 16.4. The van der Waals surface area contributed by atoms with Crippen molar-refractivity contribution in [2.45, 2.75) is 58.2 Å². The van der Waals surface area contributed by atoms with Crippen LogP contribution in [0.2, 0.25) is 15.1 Å². The highest BCUT2D eigenvalue weighted by atomic mass is 35.5. The van der Waals surface area contributed by atoms with Crippen LogP contribution in [-0.4, -0.2) is 60.2 Å². The molecule has 0 aromatic heterocycles. The zero-order chi connectivity index (χ0) is 29.3. The maximum absolute atomic E-state index is 12.8. The minimum atomic E-state index is -0.752. The number of carbonyl (C=O) groups is 3. The predicted octanol–water partition coefficient (Wildman–Crippen LogP) is 5.82. The van der Waals surface area contributed by atoms with Crippen molar-refractivity contribution < 1.29 is 24.2 Å². The smallest absolute Gasteiger partial charge is 0.319 e. The summed E-state index contributed by atoms with van der Waals surface area (Å²) in [6.07, 6.45) is 2.95. The van der Waals surface area contributed by atoms with Gasteiger partial charge >= 0.3 is 6.03 Å². The van der Waals surface area contributed by atoms with Gasteiger partial charge in [-0.2, -0.15) is 0 Å². The van der Waals surface area contributed by atoms with Crippen molar-refractivity contribution >= 4 is 58.9 Å². The molecular weight excluding hydrogens is 579 g/mol. The lowest BCUT2D eigenvalue weighted by Crippen LogP contribution is -2.66. The van der Waals surface area contributed by atoms with Crippen LogP contribution in [0.5, 0.6) is 5.75 Å². The number of nitrogens with one attached hydrogen (secondary N) is 3. The second-order valence-electron chi connectivity index (χ2n) is 10.1. The lowest BCUT2D eigenvalue weighted by atomic mass is 9.60. The lowest BCUT2D eigenvalue weighted by Gasteiger charge is -2.59. The molecule has 0 bridgehead atoms. The molecule has 1 heterocycles. The van der Waals surface area contributed by atoms with Gasteiger partial charge in [-0.3, -0.25) is 9.59 Å². The van der Waals surface area contributed by atoms with E-state index in [-0.39, 0.29) is 41.0 Å². The summed E-state index contributed by atoms with van der Waals surface area (Å²) >= 11 is 18.3. The fourth-order valence-electron chi connectivity index (χ4n) is 5.21. The minimum absolute atomic E-state index is 0.167. The number of nitrogens with zero attached hydrogens (tertiary/aromatic N) is 1. The first-order chi connectivity index (χ1) is 19.1. The molecular formula is C28H35Cl3N4O5. The van der Waals surface area contributed by atoms with E-state index in [1.165, 1.54) is 6.42 Å². The molecule has 2 aliphatic rings. The van der Waals surface area contributed by atoms with Crippen molar-refractivity contribution in [3.05, 3.63) is 57.0 Å². The van der Waals surface area contributed by atoms with Gasteiger partial charge in [0.1, 0.15) is 10.8 Å². The molecule has 12 heteroatoms. The van der Waals surface area contributed by atoms with Crippen LogP contribution in [0.4, 0.5) is 10.5 Å². The predicted molar refractivity (Wildman–Crippen MR) is 158 cm³/mol. The average molecular weight is 614 g/mol. The van der Waals surface area contributed by atoms with Crippen molar-refractivity contribution in [3.63, 3.8) is 0 Å². The van der Waals surface area contributed by atoms with E-state index in [1.807, 2.05) is 31.2 Å². The minimum Gasteiger partial charge on any atom is -0.483 e. The second-order valence-corrected chi connectivity index (χ2v) is 11.3. The van der Waals surface area contributed by atoms with Gasteiger partial charge in [-0.1, -0.05) is 60.8 Å². The van der Waals surface area contributed by atoms with Crippen molar-refractivity contribution in [2.24, 2.45) is 5.41 Å². The van der Waals surface area contributed by atoms with Gasteiger partial charge < -0.3 is 30.7 Å². The van der Waals surface area contributed by atoms with E-state index < -0.39 is 6.10 Å². The lowest BCUT2D eigenvalue weighted by molar-refractivity contribution is -0.128. The van der Waals surface area contributed by atoms with E-state index in [2.05, 4.69) is 27.8 Å². The molecule has 40 heavy (non-hydrogen) atoms. The van der Waals surface area contributed by atoms with Crippen LogP contribution >= 0.6 is 34.8 Å². The molecule has 4 rings (SSSR count). The van der Waals surface area contributed by atoms with E-state index in [9.17, 15) is 9.59 Å². The fraction of sp³-hybridized carbons (Fsp3) is 0.464. The van der Waals surface area contributed by atoms with Crippen LogP contribution in [0.15, 0.2) is 36.4 Å². The topological polar surface area (TPSA) is 120 Å². The first kappa shape index (κ1) is 31.8. The zero-order valence-electron chi connectivity index (χ0n) is 22.5. The molecule has 1 unspecified atom stereocenters. The molecule has 1 saturated heterocycles. The molecule has 1 saturated carbocycles. The van der Waals surface area contributed by atoms with Gasteiger partial charge in [-0.05, 0) is 67.5 Å². The monoisotopic (exact) mass is 612 g/mol. The van der Waals surface area contributed by atoms with Gasteiger partial charge in [0.25, 0.3) is 12.4 Å². The molecule has 9 nitrogen and oxygen atoms in total. The Kier molecular flexibility index (Phi) is 11.7. The highest BCUT2D eigenvalue weighted by Gasteiger charge is 2.52. The summed E-state index contributed by atoms with van der Waals surface area (Å²) in [6.45, 7) is 7.54. The first-order valence-corrected chi connectivity index (χ1v) is 14.3. The van der Waals surface area contributed by atoms with Gasteiger partial charge in [0.15, 0.2) is 6.10 Å². The Morgan fingerprint density at radius 2 is 1.85 bits per heavy atom. The molecule has 1 aliphatic carbocycles. The average Bonchev–Trinajstić information content (AvgIpc) is 2.88. The third-order valence-electron chi connectivity index (χ3n) is 6.94. The number of ether oxygens (including phenoxy) is 1. The van der Waals surface area contributed by atoms with E-state index in [0.717, 1.165) is 38.0 Å². The number of rotatable bonds is 10. The number of carboxylic acid groups (broad SMARTS) is 1. The van der Waals surface area contributed by atoms with Crippen LogP contribution in [0.25, 0.3) is 0 Å². The van der Waals surface area contributed by atoms with Crippen LogP contribution in [-0.2, 0) is 16.1 Å². The third-order valence-corrected chi connectivity index (χ3v) is 8.21. The molecule has 0 radical (unpaired) electrons. The summed E-state index contributed by atoms with van der Waals surface area (Å²) in [7, 11) is 0. The maximum atomic E-state index is 12.8. The number of likely N-dealkylation sites (tertiary alicyclic amines) is 1. The third kappa shape index (κ3) is 8.39. The molecule has 2 aromatic carbocycles. The number of amides is 3. The molecule has 4 N–H and O–H groups in total. The summed E-state index contributed by atoms with van der Waals surface area (Å²) in [5, 5.41) is 16.4. The van der Waals surface area contributed by atoms with Crippen LogP contribution in [0.3, 0.4) is 0 Å². The second kappa shape index (κ2) is 14.8. The Morgan fingerprint density at radius 3 is 2.50 bits per heavy atom. The quantitative estimate of drug-likeness (QED) is 0.198. The number of benzene rings is 2. The molecule has 1 atom stereocenters. The van der Waals surface area contributed by atoms with Crippen molar-refractivity contribution in [3.8, 4) is 5.75 Å². The van der Waals surface area contributed by atoms with E-state index in [1.54, 1.807) is 12.1 Å². The van der Waals surface area contributed by atoms with Crippen molar-refractivity contribution in [2.75, 3.05) is 25.0 Å². The Bertz CT molecular complexity index is 1180. The fourth-order valence-corrected chi connectivity index (χ4v) is 5.78. The van der Waals surface area contributed by atoms with Crippen LogP contribution in [0.1, 0.15) is 45.1 Å². The molecule has 3 amide bonds. The Labute approximate surface area is 249 Å². The number of hydrogen-bond donors (Lipinski definition) is 4. The molecule has 218 valence electrons. The summed E-state index contributed by atoms with van der Waals surface area (Å²) in [5.41, 5.74) is 1.93. The van der Waals surface area contributed by atoms with E-state index >= 15 is 0 Å². The van der Waals surface area contributed by atoms with Crippen LogP contribution < -0.4 is 20.7 Å². The number of hydrogen-bond acceptors (Lipinski definition) is 5. The van der Waals surface area contributed by atoms with E-state index in [0.29, 0.717) is 28.3 Å². The van der Waals surface area contributed by atoms with Crippen LogP contribution in [0, 0.1) is 5.41 Å². The Morgan fingerprint density at radius 1 is 1.15 bits per heavy atom. The summed E-state index contributed by atoms with van der Waals surface area (Å²) in [5.74, 6) is 0.0106. The summed E-state index contributed by atoms with van der Waals surface area (Å²) in [4.78, 5) is 36.1. The zero-order valence-corrected chi connectivity index (χ0v) is 24.8. The maximum Gasteiger partial charge on any atom is 0.319 e. The van der Waals surface area contributed by atoms with Gasteiger partial charge in [0.2, 0.25) is 0 Å². The molecule has 1 aliphatic heterocycles. The number of anilines is 1. The number of carbonyl (C=O) groups excluding carboxylic acids is 2. The van der Waals surface area contributed by atoms with Gasteiger partial charge in [0, 0.05) is 31.4 Å².